The Morgan fingerprint density at radius 2 is 1.51 bits per heavy atom. The molecule has 286 valence electrons. The number of nitrogen functional groups attached to an aromatic ring is 1. The van der Waals surface area contributed by atoms with Crippen LogP contribution in [0.25, 0.3) is 0 Å². The predicted molar refractivity (Wildman–Crippen MR) is 216 cm³/mol. The standard InChI is InChI=1S/C42H34N6O7S2/c43-41-44-32(24-57-41)33(46-55-42(27-10-4-1-5-11-27,28-12-6-2-7-13-28)29-14-8-3-9-15-29)36(50)45-34-38(52)48-35(40(53)54)26(23-56-39(34)48)22-25-20-21-47(37(25)51)30-16-18-31(49)19-17-30/h1-19,22,24,34,39,49H,20-21,23H2,(H2,43,44)(H,45,50)(H,53,54)/t34-,39-/m1/s1. The number of phenolic OH excluding ortho intramolecular Hbond substituents is 1. The summed E-state index contributed by atoms with van der Waals surface area (Å²) in [5.74, 6) is -2.81. The number of nitrogens with two attached hydrogens (primary N) is 1. The Bertz CT molecular complexity index is 2360. The van der Waals surface area contributed by atoms with Gasteiger partial charge >= 0.3 is 5.97 Å². The van der Waals surface area contributed by atoms with Crippen molar-refractivity contribution in [2.75, 3.05) is 22.9 Å². The number of hydrogen-bond acceptors (Lipinski definition) is 11. The van der Waals surface area contributed by atoms with Crippen LogP contribution < -0.4 is 16.0 Å². The minimum atomic E-state index is -1.33. The fourth-order valence-corrected chi connectivity index (χ4v) is 9.05. The number of thiazole rings is 1. The molecule has 15 heteroatoms. The molecule has 0 aliphatic carbocycles. The summed E-state index contributed by atoms with van der Waals surface area (Å²) in [4.78, 5) is 67.6. The van der Waals surface area contributed by atoms with Crippen molar-refractivity contribution in [2.24, 2.45) is 5.16 Å². The number of carbonyl (C=O) groups excluding carboxylic acids is 3. The number of carboxylic acids is 1. The van der Waals surface area contributed by atoms with Crippen molar-refractivity contribution in [3.8, 4) is 5.75 Å². The number of nitrogens with one attached hydrogen (secondary N) is 1. The number of oxime groups is 1. The second kappa shape index (κ2) is 15.4. The number of aliphatic carboxylic acids is 1. The molecule has 0 bridgehead atoms. The highest BCUT2D eigenvalue weighted by Crippen LogP contribution is 2.43. The maximum atomic E-state index is 14.2. The molecule has 3 aliphatic rings. The fourth-order valence-electron chi connectivity index (χ4n) is 7.19. The Balaban J connectivity index is 1.09. The highest BCUT2D eigenvalue weighted by atomic mass is 32.2. The zero-order valence-corrected chi connectivity index (χ0v) is 31.7. The van der Waals surface area contributed by atoms with Gasteiger partial charge in [0.25, 0.3) is 17.7 Å². The molecule has 4 heterocycles. The summed E-state index contributed by atoms with van der Waals surface area (Å²) < 4.78 is 0. The van der Waals surface area contributed by atoms with Gasteiger partial charge in [-0.15, -0.1) is 23.1 Å². The van der Waals surface area contributed by atoms with Crippen LogP contribution in [0.1, 0.15) is 28.8 Å². The van der Waals surface area contributed by atoms with E-state index in [1.54, 1.807) is 28.5 Å². The summed E-state index contributed by atoms with van der Waals surface area (Å²) in [6.07, 6.45) is 1.91. The van der Waals surface area contributed by atoms with Crippen LogP contribution in [-0.2, 0) is 29.6 Å². The topological polar surface area (TPSA) is 188 Å². The minimum absolute atomic E-state index is 0.0702. The number of benzene rings is 4. The van der Waals surface area contributed by atoms with E-state index in [1.807, 2.05) is 91.0 Å². The van der Waals surface area contributed by atoms with Crippen LogP contribution in [0.15, 0.2) is 149 Å². The summed E-state index contributed by atoms with van der Waals surface area (Å²) in [5, 5.41) is 28.3. The summed E-state index contributed by atoms with van der Waals surface area (Å²) in [5.41, 5.74) is 7.83. The molecule has 57 heavy (non-hydrogen) atoms. The van der Waals surface area contributed by atoms with Crippen molar-refractivity contribution < 1.29 is 34.2 Å². The van der Waals surface area contributed by atoms with Gasteiger partial charge in [0.15, 0.2) is 10.8 Å². The number of hydrogen-bond donors (Lipinski definition) is 4. The lowest BCUT2D eigenvalue weighted by molar-refractivity contribution is -0.150. The van der Waals surface area contributed by atoms with Gasteiger partial charge in [0.1, 0.15) is 28.6 Å². The summed E-state index contributed by atoms with van der Waals surface area (Å²) in [6, 6.07) is 33.5. The zero-order chi connectivity index (χ0) is 39.7. The van der Waals surface area contributed by atoms with Gasteiger partial charge < -0.3 is 31.0 Å². The van der Waals surface area contributed by atoms with Crippen molar-refractivity contribution in [1.82, 2.24) is 15.2 Å². The zero-order valence-electron chi connectivity index (χ0n) is 30.0. The molecular weight excluding hydrogens is 765 g/mol. The van der Waals surface area contributed by atoms with E-state index in [-0.39, 0.29) is 39.6 Å². The fraction of sp³-hybridized carbons (Fsp3) is 0.143. The first kappa shape index (κ1) is 37.2. The molecular formula is C42H34N6O7S2. The number of aromatic nitrogens is 1. The molecule has 8 rings (SSSR count). The number of fused-ring (bicyclic) bond motifs is 1. The number of allylic oxidation sites excluding steroid dienone is 1. The monoisotopic (exact) mass is 798 g/mol. The Kier molecular flexibility index (Phi) is 10.1. The number of carbonyl (C=O) groups is 4. The summed E-state index contributed by atoms with van der Waals surface area (Å²) in [6.45, 7) is 0.374. The van der Waals surface area contributed by atoms with E-state index in [9.17, 15) is 29.4 Å². The average Bonchev–Trinajstić information content (AvgIpc) is 3.83. The van der Waals surface area contributed by atoms with Crippen LogP contribution in [0.4, 0.5) is 10.8 Å². The van der Waals surface area contributed by atoms with E-state index in [2.05, 4.69) is 15.5 Å². The lowest BCUT2D eigenvalue weighted by Gasteiger charge is -2.49. The van der Waals surface area contributed by atoms with Gasteiger partial charge in [0.05, 0.1) is 0 Å². The number of anilines is 2. The van der Waals surface area contributed by atoms with Crippen LogP contribution in [0.3, 0.4) is 0 Å². The van der Waals surface area contributed by atoms with Crippen molar-refractivity contribution >= 4 is 63.3 Å². The highest BCUT2D eigenvalue weighted by molar-refractivity contribution is 8.00. The smallest absolute Gasteiger partial charge is 0.352 e. The van der Waals surface area contributed by atoms with E-state index < -0.39 is 34.8 Å². The molecule has 2 saturated heterocycles. The molecule has 5 N–H and O–H groups in total. The van der Waals surface area contributed by atoms with E-state index in [0.717, 1.165) is 32.9 Å². The van der Waals surface area contributed by atoms with Crippen LogP contribution in [0.5, 0.6) is 5.75 Å². The normalized spacial score (nSPS) is 19.0. The van der Waals surface area contributed by atoms with Gasteiger partial charge in [-0.1, -0.05) is 96.2 Å². The predicted octanol–water partition coefficient (Wildman–Crippen LogP) is 5.25. The lowest BCUT2D eigenvalue weighted by atomic mass is 9.80. The number of aromatic hydroxyl groups is 1. The van der Waals surface area contributed by atoms with Crippen LogP contribution in [0, 0.1) is 0 Å². The third kappa shape index (κ3) is 6.91. The van der Waals surface area contributed by atoms with E-state index in [0.29, 0.717) is 29.8 Å². The molecule has 0 spiro atoms. The Labute approximate surface area is 334 Å². The van der Waals surface area contributed by atoms with E-state index >= 15 is 0 Å². The van der Waals surface area contributed by atoms with Gasteiger partial charge in [-0.2, -0.15) is 0 Å². The van der Waals surface area contributed by atoms with Crippen LogP contribution in [-0.4, -0.2) is 73.2 Å². The van der Waals surface area contributed by atoms with Gasteiger partial charge in [0.2, 0.25) is 5.60 Å². The second-order valence-corrected chi connectivity index (χ2v) is 15.3. The maximum absolute atomic E-state index is 14.2. The van der Waals surface area contributed by atoms with Gasteiger partial charge in [-0.05, 0) is 42.3 Å². The second-order valence-electron chi connectivity index (χ2n) is 13.3. The Morgan fingerprint density at radius 3 is 2.05 bits per heavy atom. The molecule has 3 aliphatic heterocycles. The number of thioether (sulfide) groups is 1. The van der Waals surface area contributed by atoms with Gasteiger partial charge in [-0.25, -0.2) is 9.78 Å². The number of amides is 3. The number of β-lactam (4-membered cyclic amide) rings is 1. The molecule has 0 unspecified atom stereocenters. The number of rotatable bonds is 11. The molecule has 2 fully saturated rings. The SMILES string of the molecule is Nc1nc(C(=NOC(c2ccccc2)(c2ccccc2)c2ccccc2)C(=O)N[C@@H]2C(=O)N3C(C(=O)O)=C(C=C4CCN(c5ccc(O)cc5)C4=O)CS[C@H]23)cs1. The first-order valence-electron chi connectivity index (χ1n) is 17.8. The molecule has 0 radical (unpaired) electrons. The highest BCUT2D eigenvalue weighted by Gasteiger charge is 2.54. The molecule has 5 aromatic rings. The van der Waals surface area contributed by atoms with Crippen LogP contribution in [0.2, 0.25) is 0 Å². The number of phenols is 1. The van der Waals surface area contributed by atoms with Crippen molar-refractivity contribution in [3.05, 3.63) is 166 Å². The first-order valence-corrected chi connectivity index (χ1v) is 19.8. The first-order chi connectivity index (χ1) is 27.7. The summed E-state index contributed by atoms with van der Waals surface area (Å²) >= 11 is 2.37. The molecule has 2 atom stereocenters. The molecule has 13 nitrogen and oxygen atoms in total. The third-order valence-electron chi connectivity index (χ3n) is 9.92. The molecule has 3 amide bonds. The average molecular weight is 799 g/mol. The van der Waals surface area contributed by atoms with Crippen molar-refractivity contribution in [1.29, 1.82) is 0 Å². The largest absolute Gasteiger partial charge is 0.508 e. The molecule has 1 aromatic heterocycles. The number of nitrogens with zero attached hydrogens (tertiary/aromatic N) is 4. The Morgan fingerprint density at radius 1 is 0.912 bits per heavy atom. The quantitative estimate of drug-likeness (QED) is 0.0452. The third-order valence-corrected chi connectivity index (χ3v) is 11.9. The van der Waals surface area contributed by atoms with E-state index in [1.165, 1.54) is 23.9 Å². The number of carboxylic acid groups (broad SMARTS) is 1. The molecule has 0 saturated carbocycles. The summed E-state index contributed by atoms with van der Waals surface area (Å²) in [7, 11) is 0. The molecule has 4 aromatic carbocycles. The minimum Gasteiger partial charge on any atom is -0.508 e. The lowest BCUT2D eigenvalue weighted by Crippen LogP contribution is -2.71. The van der Waals surface area contributed by atoms with Crippen LogP contribution >= 0.6 is 23.1 Å². The van der Waals surface area contributed by atoms with Gasteiger partial charge in [-0.3, -0.25) is 19.3 Å². The van der Waals surface area contributed by atoms with E-state index in [4.69, 9.17) is 10.6 Å². The maximum Gasteiger partial charge on any atom is 0.352 e. The van der Waals surface area contributed by atoms with Crippen molar-refractivity contribution in [3.63, 3.8) is 0 Å². The Hall–Kier alpha value is -6.71. The van der Waals surface area contributed by atoms with Gasteiger partial charge in [0, 0.05) is 45.6 Å². The van der Waals surface area contributed by atoms with Crippen molar-refractivity contribution in [2.45, 2.75) is 23.4 Å².